The highest BCUT2D eigenvalue weighted by atomic mass is 16.5. The topological polar surface area (TPSA) is 133 Å². The molecule has 0 atom stereocenters. The fourth-order valence-electron chi connectivity index (χ4n) is 2.96. The van der Waals surface area contributed by atoms with E-state index in [9.17, 15) is 9.59 Å². The Bertz CT molecular complexity index is 1130. The van der Waals surface area contributed by atoms with Gasteiger partial charge < -0.3 is 15.4 Å². The van der Waals surface area contributed by atoms with Crippen molar-refractivity contribution in [2.45, 2.75) is 6.92 Å². The summed E-state index contributed by atoms with van der Waals surface area (Å²) >= 11 is 0. The molecule has 4 rings (SSSR count). The lowest BCUT2D eigenvalue weighted by molar-refractivity contribution is 0.0982. The summed E-state index contributed by atoms with van der Waals surface area (Å²) in [6.07, 6.45) is 4.31. The van der Waals surface area contributed by atoms with Crippen LogP contribution in [0.25, 0.3) is 0 Å². The normalized spacial score (nSPS) is 12.9. The third-order valence-electron chi connectivity index (χ3n) is 4.52. The first-order valence-electron chi connectivity index (χ1n) is 9.46. The van der Waals surface area contributed by atoms with Crippen LogP contribution in [0.5, 0.6) is 0 Å². The third-order valence-corrected chi connectivity index (χ3v) is 4.52. The van der Waals surface area contributed by atoms with Crippen LogP contribution in [-0.2, 0) is 4.74 Å². The largest absolute Gasteiger partial charge is 0.463 e. The number of carbonyl (C=O) groups excluding carboxylic acids is 2. The van der Waals surface area contributed by atoms with Crippen molar-refractivity contribution in [3.63, 3.8) is 0 Å². The van der Waals surface area contributed by atoms with E-state index in [0.29, 0.717) is 24.7 Å². The number of nitrogens with one attached hydrogen (secondary N) is 3. The zero-order valence-corrected chi connectivity index (χ0v) is 16.6. The number of hydrogen-bond donors (Lipinski definition) is 3. The lowest BCUT2D eigenvalue weighted by Crippen LogP contribution is -2.24. The van der Waals surface area contributed by atoms with Crippen LogP contribution in [0.3, 0.4) is 0 Å². The summed E-state index contributed by atoms with van der Waals surface area (Å²) in [5.41, 5.74) is 2.04. The molecule has 3 aromatic rings. The molecular formula is C21H19N7O3. The molecule has 1 aliphatic heterocycles. The first-order chi connectivity index (χ1) is 15.0. The summed E-state index contributed by atoms with van der Waals surface area (Å²) in [7, 11) is 0. The molecule has 1 aromatic carbocycles. The minimum atomic E-state index is -0.586. The maximum Gasteiger partial charge on any atom is 0.289 e. The molecule has 0 spiro atoms. The molecule has 2 aromatic heterocycles. The van der Waals surface area contributed by atoms with Gasteiger partial charge in [-0.25, -0.2) is 15.0 Å². The molecule has 10 heteroatoms. The van der Waals surface area contributed by atoms with Crippen molar-refractivity contribution in [3.8, 4) is 0 Å². The molecule has 0 saturated carbocycles. The second-order valence-corrected chi connectivity index (χ2v) is 6.73. The first-order valence-corrected chi connectivity index (χ1v) is 9.46. The number of nitrogens with zero attached hydrogens (tertiary/aromatic N) is 4. The molecule has 0 radical (unpaired) electrons. The molecule has 3 heterocycles. The smallest absolute Gasteiger partial charge is 0.289 e. The number of benzene rings is 1. The number of carbonyl (C=O) groups is 2. The van der Waals surface area contributed by atoms with Crippen molar-refractivity contribution < 1.29 is 14.3 Å². The van der Waals surface area contributed by atoms with Crippen molar-refractivity contribution in [1.82, 2.24) is 15.0 Å². The van der Waals surface area contributed by atoms with Crippen LogP contribution in [0.15, 0.2) is 55.0 Å². The highest BCUT2D eigenvalue weighted by molar-refractivity contribution is 6.13. The summed E-state index contributed by atoms with van der Waals surface area (Å²) < 4.78 is 5.14. The molecule has 0 unspecified atom stereocenters. The lowest BCUT2D eigenvalue weighted by Gasteiger charge is -2.15. The standard InChI is InChI=1S/C21H19N7O3/c1-13-2-7-16(25-12-13)27-20(30)18-17(23-8-9-24-18)19(29)26-14-3-5-15(6-4-14)28-10-11-31-21(28)22/h2-9,12,22H,10-11H2,1H3,(H,26,29)(H,25,27,30). The Kier molecular flexibility index (Phi) is 5.52. The Balaban J connectivity index is 1.48. The Morgan fingerprint density at radius 3 is 2.23 bits per heavy atom. The average Bonchev–Trinajstić information content (AvgIpc) is 3.21. The molecule has 3 N–H and O–H groups in total. The second-order valence-electron chi connectivity index (χ2n) is 6.73. The monoisotopic (exact) mass is 417 g/mol. The maximum absolute atomic E-state index is 12.8. The van der Waals surface area contributed by atoms with Gasteiger partial charge in [0, 0.05) is 30.0 Å². The van der Waals surface area contributed by atoms with Gasteiger partial charge in [0.25, 0.3) is 17.8 Å². The van der Waals surface area contributed by atoms with E-state index in [-0.39, 0.29) is 17.4 Å². The van der Waals surface area contributed by atoms with Gasteiger partial charge in [-0.3, -0.25) is 19.9 Å². The molecule has 1 saturated heterocycles. The Labute approximate surface area is 177 Å². The Morgan fingerprint density at radius 1 is 0.968 bits per heavy atom. The van der Waals surface area contributed by atoms with Gasteiger partial charge >= 0.3 is 0 Å². The molecule has 1 fully saturated rings. The van der Waals surface area contributed by atoms with E-state index in [1.807, 2.05) is 13.0 Å². The lowest BCUT2D eigenvalue weighted by atomic mass is 10.2. The van der Waals surface area contributed by atoms with Gasteiger partial charge in [-0.2, -0.15) is 0 Å². The Morgan fingerprint density at radius 2 is 1.65 bits per heavy atom. The van der Waals surface area contributed by atoms with Gasteiger partial charge in [-0.15, -0.1) is 0 Å². The van der Waals surface area contributed by atoms with E-state index in [4.69, 9.17) is 10.1 Å². The van der Waals surface area contributed by atoms with E-state index in [0.717, 1.165) is 11.3 Å². The summed E-state index contributed by atoms with van der Waals surface area (Å²) in [5.74, 6) is -0.808. The molecule has 0 aliphatic carbocycles. The highest BCUT2D eigenvalue weighted by Gasteiger charge is 2.22. The van der Waals surface area contributed by atoms with E-state index < -0.39 is 11.8 Å². The number of aromatic nitrogens is 3. The summed E-state index contributed by atoms with van der Waals surface area (Å²) in [5, 5.41) is 13.1. The predicted molar refractivity (Wildman–Crippen MR) is 114 cm³/mol. The zero-order chi connectivity index (χ0) is 21.8. The average molecular weight is 417 g/mol. The number of ether oxygens (including phenoxy) is 1. The summed E-state index contributed by atoms with van der Waals surface area (Å²) in [6, 6.07) is 10.5. The number of hydrogen-bond acceptors (Lipinski definition) is 7. The zero-order valence-electron chi connectivity index (χ0n) is 16.6. The minimum Gasteiger partial charge on any atom is -0.463 e. The van der Waals surface area contributed by atoms with Crippen LogP contribution in [0.1, 0.15) is 26.5 Å². The van der Waals surface area contributed by atoms with Crippen LogP contribution in [-0.4, -0.2) is 45.9 Å². The SMILES string of the molecule is Cc1ccc(NC(=O)c2nccnc2C(=O)Nc2ccc(N3CCOC3=N)cc2)nc1. The van der Waals surface area contributed by atoms with Gasteiger partial charge in [-0.1, -0.05) is 6.07 Å². The van der Waals surface area contributed by atoms with Crippen molar-refractivity contribution in [1.29, 1.82) is 5.41 Å². The first kappa shape index (κ1) is 20.0. The molecular weight excluding hydrogens is 398 g/mol. The molecule has 156 valence electrons. The minimum absolute atomic E-state index is 0.0927. The quantitative estimate of drug-likeness (QED) is 0.581. The number of amidine groups is 1. The number of anilines is 3. The van der Waals surface area contributed by atoms with Crippen molar-refractivity contribution in [2.24, 2.45) is 0 Å². The second kappa shape index (κ2) is 8.57. The summed E-state index contributed by atoms with van der Waals surface area (Å²) in [6.45, 7) is 2.95. The molecule has 2 amide bonds. The molecule has 10 nitrogen and oxygen atoms in total. The van der Waals surface area contributed by atoms with E-state index in [2.05, 4.69) is 25.6 Å². The number of aryl methyl sites for hydroxylation is 1. The number of amides is 2. The molecule has 1 aliphatic rings. The fourth-order valence-corrected chi connectivity index (χ4v) is 2.96. The van der Waals surface area contributed by atoms with Crippen LogP contribution in [0.2, 0.25) is 0 Å². The summed E-state index contributed by atoms with van der Waals surface area (Å²) in [4.78, 5) is 39.3. The van der Waals surface area contributed by atoms with Crippen molar-refractivity contribution in [2.75, 3.05) is 28.7 Å². The Hall–Kier alpha value is -4.34. The van der Waals surface area contributed by atoms with Gasteiger partial charge in [0.2, 0.25) is 0 Å². The number of pyridine rings is 1. The predicted octanol–water partition coefficient (Wildman–Crippen LogP) is 2.46. The van der Waals surface area contributed by atoms with Crippen LogP contribution < -0.4 is 15.5 Å². The third kappa shape index (κ3) is 4.47. The molecule has 31 heavy (non-hydrogen) atoms. The van der Waals surface area contributed by atoms with Gasteiger partial charge in [-0.05, 0) is 42.8 Å². The van der Waals surface area contributed by atoms with Gasteiger partial charge in [0.15, 0.2) is 11.4 Å². The van der Waals surface area contributed by atoms with E-state index in [1.165, 1.54) is 12.4 Å². The maximum atomic E-state index is 12.8. The molecule has 0 bridgehead atoms. The van der Waals surface area contributed by atoms with E-state index in [1.54, 1.807) is 41.4 Å². The number of rotatable bonds is 5. The van der Waals surface area contributed by atoms with Gasteiger partial charge in [0.1, 0.15) is 12.4 Å². The fraction of sp³-hybridized carbons (Fsp3) is 0.143. The van der Waals surface area contributed by atoms with Crippen LogP contribution >= 0.6 is 0 Å². The highest BCUT2D eigenvalue weighted by Crippen LogP contribution is 2.21. The van der Waals surface area contributed by atoms with Gasteiger partial charge in [0.05, 0.1) is 6.54 Å². The van der Waals surface area contributed by atoms with Crippen LogP contribution in [0.4, 0.5) is 17.2 Å². The van der Waals surface area contributed by atoms with Crippen molar-refractivity contribution >= 4 is 35.0 Å². The van der Waals surface area contributed by atoms with Crippen LogP contribution in [0, 0.1) is 12.3 Å². The van der Waals surface area contributed by atoms with E-state index >= 15 is 0 Å². The van der Waals surface area contributed by atoms with Crippen molar-refractivity contribution in [3.05, 3.63) is 71.9 Å².